The van der Waals surface area contributed by atoms with Crippen molar-refractivity contribution in [2.24, 2.45) is 0 Å². The molecule has 0 radical (unpaired) electrons. The predicted octanol–water partition coefficient (Wildman–Crippen LogP) is 4.83. The van der Waals surface area contributed by atoms with Gasteiger partial charge in [-0.3, -0.25) is 14.9 Å². The molecule has 0 aromatic heterocycles. The smallest absolute Gasteiger partial charge is 0.336 e. The van der Waals surface area contributed by atoms with Crippen molar-refractivity contribution in [3.05, 3.63) is 83.4 Å². The molecule has 3 aromatic rings. The van der Waals surface area contributed by atoms with Crippen molar-refractivity contribution in [2.45, 2.75) is 16.7 Å². The van der Waals surface area contributed by atoms with Gasteiger partial charge in [-0.2, -0.15) is 0 Å². The Morgan fingerprint density at radius 3 is 2.12 bits per heavy atom. The van der Waals surface area contributed by atoms with Gasteiger partial charge in [0.05, 0.1) is 19.9 Å². The molecule has 8 heteroatoms. The van der Waals surface area contributed by atoms with Gasteiger partial charge in [-0.05, 0) is 55.0 Å². The van der Waals surface area contributed by atoms with Crippen LogP contribution in [0.15, 0.2) is 82.1 Å². The maximum atomic E-state index is 13.2. The number of carbonyl (C=O) groups is 3. The van der Waals surface area contributed by atoms with Crippen LogP contribution in [0.2, 0.25) is 0 Å². The largest absolute Gasteiger partial charge is 0.497 e. The van der Waals surface area contributed by atoms with Gasteiger partial charge in [0.2, 0.25) is 0 Å². The number of amides is 4. The summed E-state index contributed by atoms with van der Waals surface area (Å²) < 4.78 is 10.5. The fourth-order valence-corrected chi connectivity index (χ4v) is 4.20. The van der Waals surface area contributed by atoms with Gasteiger partial charge in [-0.15, -0.1) is 0 Å². The second kappa shape index (κ2) is 9.84. The number of carbonyl (C=O) groups excluding carboxylic acids is 3. The van der Waals surface area contributed by atoms with Gasteiger partial charge in [0.15, 0.2) is 0 Å². The second-order valence-corrected chi connectivity index (χ2v) is 8.63. The van der Waals surface area contributed by atoms with Crippen molar-refractivity contribution in [3.63, 3.8) is 0 Å². The molecule has 1 heterocycles. The van der Waals surface area contributed by atoms with E-state index >= 15 is 0 Å². The van der Waals surface area contributed by atoms with E-state index in [4.69, 9.17) is 9.47 Å². The molecule has 0 aliphatic carbocycles. The number of anilines is 1. The standard InChI is InChI=1S/C26H22N2O5S/c1-16-4-9-19(10-5-16)34-20-11-6-17(7-12-20)14-21-24(29)27-26(31)28(25(21)30)22-13-8-18(32-2)15-23(22)33-3/h4-15H,1-3H3,(H,27,29,31)/b21-14+. The molecule has 1 aliphatic heterocycles. The lowest BCUT2D eigenvalue weighted by atomic mass is 10.1. The zero-order valence-electron chi connectivity index (χ0n) is 18.8. The Balaban J connectivity index is 1.60. The fourth-order valence-electron chi connectivity index (χ4n) is 3.39. The molecule has 0 bridgehead atoms. The van der Waals surface area contributed by atoms with Crippen molar-refractivity contribution < 1.29 is 23.9 Å². The molecule has 0 spiro atoms. The van der Waals surface area contributed by atoms with Crippen LogP contribution in [0.4, 0.5) is 10.5 Å². The topological polar surface area (TPSA) is 84.9 Å². The van der Waals surface area contributed by atoms with Gasteiger partial charge in [-0.1, -0.05) is 41.6 Å². The van der Waals surface area contributed by atoms with Gasteiger partial charge in [0.1, 0.15) is 17.1 Å². The maximum Gasteiger partial charge on any atom is 0.336 e. The average molecular weight is 475 g/mol. The minimum absolute atomic E-state index is 0.156. The van der Waals surface area contributed by atoms with Gasteiger partial charge in [-0.25, -0.2) is 9.69 Å². The number of hydrogen-bond acceptors (Lipinski definition) is 6. The summed E-state index contributed by atoms with van der Waals surface area (Å²) in [6, 6.07) is 19.5. The van der Waals surface area contributed by atoms with Crippen LogP contribution >= 0.6 is 11.8 Å². The summed E-state index contributed by atoms with van der Waals surface area (Å²) in [5, 5.41) is 2.23. The minimum atomic E-state index is -0.847. The molecule has 4 rings (SSSR count). The van der Waals surface area contributed by atoms with Crippen LogP contribution in [0.3, 0.4) is 0 Å². The SMILES string of the molecule is COc1ccc(N2C(=O)NC(=O)/C(=C\c3ccc(Sc4ccc(C)cc4)cc3)C2=O)c(OC)c1. The molecule has 0 unspecified atom stereocenters. The van der Waals surface area contributed by atoms with Gasteiger partial charge >= 0.3 is 6.03 Å². The first-order valence-corrected chi connectivity index (χ1v) is 11.2. The quantitative estimate of drug-likeness (QED) is 0.407. The first-order valence-electron chi connectivity index (χ1n) is 10.4. The molecule has 1 aliphatic rings. The van der Waals surface area contributed by atoms with E-state index in [1.807, 2.05) is 31.2 Å². The van der Waals surface area contributed by atoms with Crippen LogP contribution in [0.5, 0.6) is 11.5 Å². The molecule has 7 nitrogen and oxygen atoms in total. The van der Waals surface area contributed by atoms with Gasteiger partial charge in [0, 0.05) is 15.9 Å². The highest BCUT2D eigenvalue weighted by Gasteiger charge is 2.38. The summed E-state index contributed by atoms with van der Waals surface area (Å²) in [4.78, 5) is 41.2. The number of benzene rings is 3. The minimum Gasteiger partial charge on any atom is -0.497 e. The number of methoxy groups -OCH3 is 2. The Kier molecular flexibility index (Phi) is 6.70. The molecule has 3 aromatic carbocycles. The molecule has 1 fully saturated rings. The normalized spacial score (nSPS) is 14.9. The number of aryl methyl sites for hydroxylation is 1. The van der Waals surface area contributed by atoms with Crippen molar-refractivity contribution in [1.29, 1.82) is 0 Å². The molecule has 4 amide bonds. The molecule has 1 N–H and O–H groups in total. The number of nitrogens with zero attached hydrogens (tertiary/aromatic N) is 1. The third-order valence-corrected chi connectivity index (χ3v) is 6.19. The summed E-state index contributed by atoms with van der Waals surface area (Å²) in [7, 11) is 2.92. The Labute approximate surface area is 201 Å². The Bertz CT molecular complexity index is 1280. The Hall–Kier alpha value is -4.04. The zero-order valence-corrected chi connectivity index (χ0v) is 19.6. The zero-order chi connectivity index (χ0) is 24.2. The Morgan fingerprint density at radius 1 is 0.853 bits per heavy atom. The lowest BCUT2D eigenvalue weighted by Crippen LogP contribution is -2.54. The third-order valence-electron chi connectivity index (χ3n) is 5.18. The van der Waals surface area contributed by atoms with E-state index in [1.54, 1.807) is 23.9 Å². The summed E-state index contributed by atoms with van der Waals surface area (Å²) >= 11 is 1.61. The summed E-state index contributed by atoms with van der Waals surface area (Å²) in [6.45, 7) is 2.04. The van der Waals surface area contributed by atoms with Gasteiger partial charge < -0.3 is 9.47 Å². The van der Waals surface area contributed by atoms with E-state index in [0.717, 1.165) is 14.7 Å². The summed E-state index contributed by atoms with van der Waals surface area (Å²) in [5.41, 5.74) is 1.90. The van der Waals surface area contributed by atoms with Crippen LogP contribution in [0.25, 0.3) is 6.08 Å². The molecule has 172 valence electrons. The van der Waals surface area contributed by atoms with E-state index in [9.17, 15) is 14.4 Å². The van der Waals surface area contributed by atoms with E-state index in [-0.39, 0.29) is 17.0 Å². The van der Waals surface area contributed by atoms with E-state index < -0.39 is 17.8 Å². The van der Waals surface area contributed by atoms with Crippen LogP contribution in [0, 0.1) is 6.92 Å². The number of ether oxygens (including phenoxy) is 2. The van der Waals surface area contributed by atoms with Crippen LogP contribution in [-0.4, -0.2) is 32.1 Å². The van der Waals surface area contributed by atoms with E-state index in [0.29, 0.717) is 11.3 Å². The predicted molar refractivity (Wildman–Crippen MR) is 130 cm³/mol. The molecular formula is C26H22N2O5S. The fraction of sp³-hybridized carbons (Fsp3) is 0.115. The van der Waals surface area contributed by atoms with Crippen LogP contribution in [0.1, 0.15) is 11.1 Å². The number of barbiturate groups is 1. The van der Waals surface area contributed by atoms with Crippen molar-refractivity contribution in [1.82, 2.24) is 5.32 Å². The van der Waals surface area contributed by atoms with E-state index in [2.05, 4.69) is 29.6 Å². The monoisotopic (exact) mass is 474 g/mol. The first-order chi connectivity index (χ1) is 16.4. The van der Waals surface area contributed by atoms with Gasteiger partial charge in [0.25, 0.3) is 11.8 Å². The lowest BCUT2D eigenvalue weighted by molar-refractivity contribution is -0.122. The second-order valence-electron chi connectivity index (χ2n) is 7.48. The average Bonchev–Trinajstić information content (AvgIpc) is 2.84. The highest BCUT2D eigenvalue weighted by Crippen LogP contribution is 2.34. The molecule has 1 saturated heterocycles. The number of rotatable bonds is 6. The van der Waals surface area contributed by atoms with Crippen LogP contribution < -0.4 is 19.7 Å². The molecule has 0 saturated carbocycles. The summed E-state index contributed by atoms with van der Waals surface area (Å²) in [5.74, 6) is -0.734. The van der Waals surface area contributed by atoms with Crippen molar-refractivity contribution in [3.8, 4) is 11.5 Å². The number of urea groups is 1. The maximum absolute atomic E-state index is 13.2. The number of nitrogens with one attached hydrogen (secondary N) is 1. The third kappa shape index (κ3) is 4.82. The number of imide groups is 2. The molecule has 34 heavy (non-hydrogen) atoms. The number of hydrogen-bond donors (Lipinski definition) is 1. The lowest BCUT2D eigenvalue weighted by Gasteiger charge is -2.27. The van der Waals surface area contributed by atoms with E-state index in [1.165, 1.54) is 31.9 Å². The highest BCUT2D eigenvalue weighted by atomic mass is 32.2. The van der Waals surface area contributed by atoms with Crippen molar-refractivity contribution >= 4 is 41.4 Å². The van der Waals surface area contributed by atoms with Crippen LogP contribution in [-0.2, 0) is 9.59 Å². The molecule has 0 atom stereocenters. The highest BCUT2D eigenvalue weighted by molar-refractivity contribution is 7.99. The van der Waals surface area contributed by atoms with Crippen molar-refractivity contribution in [2.75, 3.05) is 19.1 Å². The molecular weight excluding hydrogens is 452 g/mol. The summed E-state index contributed by atoms with van der Waals surface area (Å²) in [6.07, 6.45) is 1.47. The Morgan fingerprint density at radius 2 is 1.50 bits per heavy atom. The first kappa shape index (κ1) is 23.1.